The molecule has 0 atom stereocenters. The fourth-order valence-electron chi connectivity index (χ4n) is 7.54. The molecule has 0 aliphatic carbocycles. The maximum absolute atomic E-state index is 6.70. The van der Waals surface area contributed by atoms with E-state index < -0.39 is 0 Å². The van der Waals surface area contributed by atoms with Gasteiger partial charge in [-0.05, 0) is 75.8 Å². The first-order valence-electron chi connectivity index (χ1n) is 19.1. The molecule has 1 aliphatic heterocycles. The van der Waals surface area contributed by atoms with Crippen LogP contribution in [0, 0.1) is 18.8 Å². The summed E-state index contributed by atoms with van der Waals surface area (Å²) in [6.07, 6.45) is 6.05. The third kappa shape index (κ3) is 7.41. The summed E-state index contributed by atoms with van der Waals surface area (Å²) in [6.45, 7) is 13.3. The topological polar surface area (TPSA) is 33.5 Å². The maximum atomic E-state index is 6.70. The Balaban J connectivity index is 0.00000455. The molecule has 57 heavy (non-hydrogen) atoms. The quantitative estimate of drug-likeness (QED) is 0.142. The molecule has 0 unspecified atom stereocenters. The molecule has 6 heteroatoms. The summed E-state index contributed by atoms with van der Waals surface area (Å²) in [6, 6.07) is 58.1. The number of nitrogens with zero attached hydrogens (tertiary/aromatic N) is 4. The molecule has 2 aromatic heterocycles. The first-order chi connectivity index (χ1) is 27.1. The second kappa shape index (κ2) is 15.2. The van der Waals surface area contributed by atoms with E-state index in [9.17, 15) is 0 Å². The molecule has 5 nitrogen and oxygen atoms in total. The van der Waals surface area contributed by atoms with Crippen molar-refractivity contribution < 1.29 is 25.8 Å². The number of anilines is 2. The zero-order valence-electron chi connectivity index (χ0n) is 32.7. The molecule has 9 rings (SSSR count). The fraction of sp³-hybridized carbons (Fsp3) is 0.137. The molecular formula is C51H43N4OPt-3. The van der Waals surface area contributed by atoms with Gasteiger partial charge in [-0.1, -0.05) is 131 Å². The van der Waals surface area contributed by atoms with E-state index in [1.807, 2.05) is 24.4 Å². The van der Waals surface area contributed by atoms with Crippen molar-refractivity contribution >= 4 is 33.2 Å². The van der Waals surface area contributed by atoms with Crippen LogP contribution in [0.2, 0.25) is 0 Å². The van der Waals surface area contributed by atoms with E-state index in [0.717, 1.165) is 50.1 Å². The van der Waals surface area contributed by atoms with Gasteiger partial charge < -0.3 is 19.1 Å². The summed E-state index contributed by atoms with van der Waals surface area (Å²) in [7, 11) is 0. The molecule has 0 saturated heterocycles. The maximum Gasteiger partial charge on any atom is 0.135 e. The van der Waals surface area contributed by atoms with Crippen LogP contribution in [0.15, 0.2) is 164 Å². The van der Waals surface area contributed by atoms with Crippen molar-refractivity contribution in [1.82, 2.24) is 9.55 Å². The van der Waals surface area contributed by atoms with Gasteiger partial charge in [-0.25, -0.2) is 4.98 Å². The molecule has 286 valence electrons. The zero-order valence-corrected chi connectivity index (χ0v) is 35.0. The van der Waals surface area contributed by atoms with Gasteiger partial charge in [0, 0.05) is 55.4 Å². The van der Waals surface area contributed by atoms with E-state index in [2.05, 4.69) is 208 Å². The molecule has 0 spiro atoms. The number of benzene rings is 6. The summed E-state index contributed by atoms with van der Waals surface area (Å²) in [5, 5.41) is 2.23. The van der Waals surface area contributed by atoms with Gasteiger partial charge in [0.1, 0.15) is 5.82 Å². The predicted molar refractivity (Wildman–Crippen MR) is 230 cm³/mol. The van der Waals surface area contributed by atoms with Crippen LogP contribution in [0.5, 0.6) is 11.5 Å². The van der Waals surface area contributed by atoms with E-state index in [1.54, 1.807) is 0 Å². The van der Waals surface area contributed by atoms with Gasteiger partial charge in [0.25, 0.3) is 0 Å². The van der Waals surface area contributed by atoms with E-state index >= 15 is 0 Å². The van der Waals surface area contributed by atoms with Crippen LogP contribution >= 0.6 is 0 Å². The smallest absolute Gasteiger partial charge is 0.135 e. The van der Waals surface area contributed by atoms with Gasteiger partial charge in [0.2, 0.25) is 0 Å². The van der Waals surface area contributed by atoms with Crippen LogP contribution in [-0.4, -0.2) is 9.55 Å². The Morgan fingerprint density at radius 3 is 2.09 bits per heavy atom. The van der Waals surface area contributed by atoms with Crippen LogP contribution in [0.1, 0.15) is 51.3 Å². The van der Waals surface area contributed by atoms with Gasteiger partial charge in [-0.3, -0.25) is 0 Å². The van der Waals surface area contributed by atoms with Crippen LogP contribution in [0.3, 0.4) is 0 Å². The Bertz CT molecular complexity index is 2730. The molecule has 3 heterocycles. The summed E-state index contributed by atoms with van der Waals surface area (Å²) in [4.78, 5) is 9.09. The van der Waals surface area contributed by atoms with Gasteiger partial charge in [0.05, 0.1) is 0 Å². The first-order valence-corrected chi connectivity index (χ1v) is 19.1. The second-order valence-electron chi connectivity index (χ2n) is 15.9. The largest absolute Gasteiger partial charge is 0.509 e. The number of ether oxygens (including phenoxy) is 1. The molecule has 0 bridgehead atoms. The van der Waals surface area contributed by atoms with Crippen molar-refractivity contribution in [2.45, 2.75) is 45.4 Å². The van der Waals surface area contributed by atoms with Gasteiger partial charge in [0.15, 0.2) is 0 Å². The van der Waals surface area contributed by atoms with E-state index in [-0.39, 0.29) is 31.9 Å². The molecule has 0 amide bonds. The summed E-state index contributed by atoms with van der Waals surface area (Å²) < 4.78 is 8.89. The molecule has 8 aromatic rings. The van der Waals surface area contributed by atoms with Crippen molar-refractivity contribution in [3.63, 3.8) is 0 Å². The number of rotatable bonds is 8. The zero-order chi connectivity index (χ0) is 38.4. The second-order valence-corrected chi connectivity index (χ2v) is 15.9. The Hall–Kier alpha value is -5.90. The van der Waals surface area contributed by atoms with Crippen molar-refractivity contribution in [2.24, 2.45) is 0 Å². The first kappa shape index (κ1) is 38.0. The van der Waals surface area contributed by atoms with Crippen molar-refractivity contribution in [3.8, 4) is 28.4 Å². The normalized spacial score (nSPS) is 13.0. The van der Waals surface area contributed by atoms with E-state index in [4.69, 9.17) is 9.72 Å². The minimum Gasteiger partial charge on any atom is -0.509 e. The molecule has 1 aliphatic rings. The minimum absolute atomic E-state index is 0. The summed E-state index contributed by atoms with van der Waals surface area (Å²) in [5.74, 6) is 2.05. The standard InChI is InChI=1S/C51H43N4O.Pt/c1-50(2,3)39-25-26-52-49(32-39)55-47-22-13-12-21-45(47)46-24-23-43(34-48(46)55)56-44-30-37(36-15-8-6-9-16-36)29-42(33-44)54-28-27-53(35-54)41-20-14-19-40(31-41)51(4,5)38-17-10-7-11-18-38;/h6-32,35H,1-5H3;/q-3;. The minimum atomic E-state index is -0.147. The molecule has 0 saturated carbocycles. The number of hydrogen-bond acceptors (Lipinski definition) is 4. The number of hydrogen-bond donors (Lipinski definition) is 0. The SMILES string of the molecule is CC(C)(C)c1ccnc(-n2c3[c-]c(Oc4[c-]c(N5C=CN(c6cccc(C(C)(C)c7ccccc7)c6)[CH-]5)cc(-c5ccccc5)c4)ccc3c3ccccc32)c1.[Pt]. The van der Waals surface area contributed by atoms with Gasteiger partial charge in [-0.15, -0.1) is 53.6 Å². The number of aromatic nitrogens is 2. The Morgan fingerprint density at radius 2 is 1.30 bits per heavy atom. The average molecular weight is 923 g/mol. The third-order valence-electron chi connectivity index (χ3n) is 10.8. The van der Waals surface area contributed by atoms with Crippen LogP contribution < -0.4 is 14.5 Å². The Labute approximate surface area is 350 Å². The Morgan fingerprint density at radius 1 is 0.579 bits per heavy atom. The molecule has 0 fully saturated rings. The monoisotopic (exact) mass is 922 g/mol. The van der Waals surface area contributed by atoms with E-state index in [1.165, 1.54) is 16.7 Å². The van der Waals surface area contributed by atoms with Crippen molar-refractivity contribution in [1.29, 1.82) is 0 Å². The van der Waals surface area contributed by atoms with E-state index in [0.29, 0.717) is 11.5 Å². The average Bonchev–Trinajstić information content (AvgIpc) is 3.85. The van der Waals surface area contributed by atoms with Crippen LogP contribution in [0.25, 0.3) is 38.8 Å². The molecule has 0 radical (unpaired) electrons. The van der Waals surface area contributed by atoms with Crippen LogP contribution in [-0.2, 0) is 31.9 Å². The van der Waals surface area contributed by atoms with Gasteiger partial charge >= 0.3 is 0 Å². The predicted octanol–water partition coefficient (Wildman–Crippen LogP) is 12.8. The third-order valence-corrected chi connectivity index (χ3v) is 10.8. The van der Waals surface area contributed by atoms with Crippen molar-refractivity contribution in [2.75, 3.05) is 9.80 Å². The molecule has 6 aromatic carbocycles. The molecular weight excluding hydrogens is 880 g/mol. The van der Waals surface area contributed by atoms with Crippen LogP contribution in [0.4, 0.5) is 11.4 Å². The van der Waals surface area contributed by atoms with Gasteiger partial charge in [-0.2, -0.15) is 6.07 Å². The number of para-hydroxylation sites is 1. The fourth-order valence-corrected chi connectivity index (χ4v) is 7.54. The molecule has 0 N–H and O–H groups in total. The summed E-state index contributed by atoms with van der Waals surface area (Å²) >= 11 is 0. The number of fused-ring (bicyclic) bond motifs is 3. The van der Waals surface area contributed by atoms with Crippen molar-refractivity contribution in [3.05, 3.63) is 200 Å². The summed E-state index contributed by atoms with van der Waals surface area (Å²) in [5.41, 5.74) is 9.63. The Kier molecular flexibility index (Phi) is 10.1. The number of pyridine rings is 1.